The van der Waals surface area contributed by atoms with Gasteiger partial charge in [0.25, 0.3) is 5.79 Å². The minimum absolute atomic E-state index is 0.458. The largest absolute Gasteiger partial charge is 0.456 e. The van der Waals surface area contributed by atoms with Gasteiger partial charge in [-0.1, -0.05) is 15.9 Å². The van der Waals surface area contributed by atoms with E-state index in [1.54, 1.807) is 12.5 Å². The smallest absolute Gasteiger partial charge is 0.256 e. The van der Waals surface area contributed by atoms with Crippen molar-refractivity contribution in [1.29, 1.82) is 0 Å². The molecule has 8 heavy (non-hydrogen) atoms. The van der Waals surface area contributed by atoms with Gasteiger partial charge in [0, 0.05) is 6.92 Å². The van der Waals surface area contributed by atoms with Gasteiger partial charge < -0.3 is 9.47 Å². The van der Waals surface area contributed by atoms with E-state index in [9.17, 15) is 0 Å². The Bertz CT molecular complexity index is 103. The second-order valence-electron chi connectivity index (χ2n) is 1.78. The maximum absolute atomic E-state index is 5.04. The van der Waals surface area contributed by atoms with Crippen molar-refractivity contribution in [3.8, 4) is 0 Å². The molecular weight excluding hydrogens is 172 g/mol. The molecule has 0 saturated carbocycles. The molecule has 1 rings (SSSR count). The Balaban J connectivity index is 2.46. The molecule has 0 aromatic heterocycles. The van der Waals surface area contributed by atoms with Gasteiger partial charge in [0.05, 0.1) is 5.33 Å². The van der Waals surface area contributed by atoms with Crippen LogP contribution in [0.2, 0.25) is 0 Å². The molecular formula is C5H7BrO2. The van der Waals surface area contributed by atoms with Gasteiger partial charge in [-0.15, -0.1) is 0 Å². The van der Waals surface area contributed by atoms with Crippen LogP contribution in [0.15, 0.2) is 12.5 Å². The van der Waals surface area contributed by atoms with Crippen LogP contribution in [0.4, 0.5) is 0 Å². The molecule has 0 saturated heterocycles. The number of rotatable bonds is 1. The Labute approximate surface area is 56.6 Å². The highest BCUT2D eigenvalue weighted by Gasteiger charge is 2.26. The molecule has 0 bridgehead atoms. The second kappa shape index (κ2) is 1.97. The van der Waals surface area contributed by atoms with Crippen LogP contribution in [0.25, 0.3) is 0 Å². The van der Waals surface area contributed by atoms with Crippen molar-refractivity contribution >= 4 is 15.9 Å². The fraction of sp³-hybridized carbons (Fsp3) is 0.600. The molecule has 0 unspecified atom stereocenters. The molecule has 2 nitrogen and oxygen atoms in total. The summed E-state index contributed by atoms with van der Waals surface area (Å²) in [6.07, 6.45) is 3.09. The lowest BCUT2D eigenvalue weighted by molar-refractivity contribution is -0.103. The molecule has 0 N–H and O–H groups in total. The zero-order valence-electron chi connectivity index (χ0n) is 4.56. The SMILES string of the molecule is CC1(CBr)OC=CO1. The lowest BCUT2D eigenvalue weighted by atomic mass is 10.4. The first kappa shape index (κ1) is 5.95. The van der Waals surface area contributed by atoms with Crippen LogP contribution in [0, 0.1) is 0 Å². The summed E-state index contributed by atoms with van der Waals surface area (Å²) < 4.78 is 10.1. The number of hydrogen-bond donors (Lipinski definition) is 0. The average molecular weight is 179 g/mol. The standard InChI is InChI=1S/C5H7BrO2/c1-5(4-6)7-2-3-8-5/h2-3H,4H2,1H3. The molecule has 3 heteroatoms. The first-order valence-corrected chi connectivity index (χ1v) is 3.46. The summed E-state index contributed by atoms with van der Waals surface area (Å²) in [5.41, 5.74) is 0. The van der Waals surface area contributed by atoms with E-state index in [-0.39, 0.29) is 0 Å². The van der Waals surface area contributed by atoms with Gasteiger partial charge in [-0.2, -0.15) is 0 Å². The highest BCUT2D eigenvalue weighted by molar-refractivity contribution is 9.09. The van der Waals surface area contributed by atoms with Crippen LogP contribution in [-0.4, -0.2) is 11.1 Å². The van der Waals surface area contributed by atoms with Crippen LogP contribution in [-0.2, 0) is 9.47 Å². The molecule has 1 aliphatic rings. The quantitative estimate of drug-likeness (QED) is 0.569. The zero-order chi connectivity index (χ0) is 6.04. The Morgan fingerprint density at radius 2 is 2.00 bits per heavy atom. The van der Waals surface area contributed by atoms with E-state index >= 15 is 0 Å². The van der Waals surface area contributed by atoms with E-state index in [1.165, 1.54) is 0 Å². The number of halogens is 1. The first-order chi connectivity index (χ1) is 3.77. The summed E-state index contributed by atoms with van der Waals surface area (Å²) in [5, 5.41) is 0.688. The molecule has 0 aliphatic carbocycles. The van der Waals surface area contributed by atoms with Gasteiger partial charge in [-0.3, -0.25) is 0 Å². The van der Waals surface area contributed by atoms with E-state index in [1.807, 2.05) is 6.92 Å². The minimum atomic E-state index is -0.458. The molecule has 0 aromatic rings. The summed E-state index contributed by atoms with van der Waals surface area (Å²) in [6.45, 7) is 1.86. The van der Waals surface area contributed by atoms with Crippen molar-refractivity contribution in [3.05, 3.63) is 12.5 Å². The van der Waals surface area contributed by atoms with Gasteiger partial charge >= 0.3 is 0 Å². The van der Waals surface area contributed by atoms with Crippen molar-refractivity contribution in [3.63, 3.8) is 0 Å². The van der Waals surface area contributed by atoms with Gasteiger partial charge in [-0.05, 0) is 0 Å². The van der Waals surface area contributed by atoms with Crippen molar-refractivity contribution in [2.24, 2.45) is 0 Å². The Morgan fingerprint density at radius 3 is 2.25 bits per heavy atom. The molecule has 1 aliphatic heterocycles. The number of ether oxygens (including phenoxy) is 2. The van der Waals surface area contributed by atoms with E-state index in [4.69, 9.17) is 9.47 Å². The van der Waals surface area contributed by atoms with Crippen LogP contribution in [0.5, 0.6) is 0 Å². The lowest BCUT2D eigenvalue weighted by Gasteiger charge is -2.19. The van der Waals surface area contributed by atoms with Crippen LogP contribution in [0.3, 0.4) is 0 Å². The average Bonchev–Trinajstić information content (AvgIpc) is 2.17. The molecule has 0 fully saturated rings. The third kappa shape index (κ3) is 0.968. The van der Waals surface area contributed by atoms with Crippen molar-refractivity contribution in [2.75, 3.05) is 5.33 Å². The fourth-order valence-electron chi connectivity index (χ4n) is 0.434. The lowest BCUT2D eigenvalue weighted by Crippen LogP contribution is -2.26. The van der Waals surface area contributed by atoms with Crippen molar-refractivity contribution in [2.45, 2.75) is 12.7 Å². The van der Waals surface area contributed by atoms with Crippen molar-refractivity contribution < 1.29 is 9.47 Å². The van der Waals surface area contributed by atoms with Crippen LogP contribution >= 0.6 is 15.9 Å². The zero-order valence-corrected chi connectivity index (χ0v) is 6.14. The first-order valence-electron chi connectivity index (χ1n) is 2.33. The normalized spacial score (nSPS) is 22.2. The number of alkyl halides is 1. The van der Waals surface area contributed by atoms with E-state index < -0.39 is 5.79 Å². The van der Waals surface area contributed by atoms with Crippen LogP contribution in [0.1, 0.15) is 6.92 Å². The number of hydrogen-bond acceptors (Lipinski definition) is 2. The third-order valence-corrected chi connectivity index (χ3v) is 1.95. The Kier molecular flexibility index (Phi) is 1.47. The summed E-state index contributed by atoms with van der Waals surface area (Å²) in [4.78, 5) is 0. The summed E-state index contributed by atoms with van der Waals surface area (Å²) in [7, 11) is 0. The Hall–Kier alpha value is -0.180. The molecule has 0 spiro atoms. The van der Waals surface area contributed by atoms with Gasteiger partial charge in [0.1, 0.15) is 12.5 Å². The van der Waals surface area contributed by atoms with Gasteiger partial charge in [0.15, 0.2) is 0 Å². The molecule has 0 aromatic carbocycles. The van der Waals surface area contributed by atoms with E-state index in [0.717, 1.165) is 0 Å². The van der Waals surface area contributed by atoms with Crippen LogP contribution < -0.4 is 0 Å². The predicted octanol–water partition coefficient (Wildman–Crippen LogP) is 1.62. The molecule has 46 valence electrons. The predicted molar refractivity (Wildman–Crippen MR) is 33.5 cm³/mol. The van der Waals surface area contributed by atoms with Crippen molar-refractivity contribution in [1.82, 2.24) is 0 Å². The summed E-state index contributed by atoms with van der Waals surface area (Å²) in [5.74, 6) is -0.458. The molecule has 0 radical (unpaired) electrons. The minimum Gasteiger partial charge on any atom is -0.456 e. The maximum atomic E-state index is 5.04. The van der Waals surface area contributed by atoms with E-state index in [0.29, 0.717) is 5.33 Å². The van der Waals surface area contributed by atoms with Gasteiger partial charge in [0.2, 0.25) is 0 Å². The summed E-state index contributed by atoms with van der Waals surface area (Å²) in [6, 6.07) is 0. The molecule has 0 amide bonds. The highest BCUT2D eigenvalue weighted by Crippen LogP contribution is 2.20. The van der Waals surface area contributed by atoms with Gasteiger partial charge in [-0.25, -0.2) is 0 Å². The highest BCUT2D eigenvalue weighted by atomic mass is 79.9. The Morgan fingerprint density at radius 1 is 1.50 bits per heavy atom. The van der Waals surface area contributed by atoms with E-state index in [2.05, 4.69) is 15.9 Å². The summed E-state index contributed by atoms with van der Waals surface area (Å²) >= 11 is 3.24. The molecule has 1 heterocycles. The third-order valence-electron chi connectivity index (χ3n) is 0.933. The second-order valence-corrected chi connectivity index (χ2v) is 2.34. The maximum Gasteiger partial charge on any atom is 0.256 e. The monoisotopic (exact) mass is 178 g/mol. The topological polar surface area (TPSA) is 18.5 Å². The molecule has 0 atom stereocenters. The fourth-order valence-corrected chi connectivity index (χ4v) is 0.699.